The average Bonchev–Trinajstić information content (AvgIpc) is 3.45. The number of carbonyl (C=O) groups excluding carboxylic acids is 3. The van der Waals surface area contributed by atoms with E-state index in [1.54, 1.807) is 24.0 Å². The number of hydrogen-bond acceptors (Lipinski definition) is 4. The first-order chi connectivity index (χ1) is 19.2. The molecular weight excluding hydrogens is 518 g/mol. The minimum absolute atomic E-state index is 0.0700. The number of aryl methyl sites for hydroxylation is 1. The van der Waals surface area contributed by atoms with Gasteiger partial charge in [-0.1, -0.05) is 68.3 Å². The number of carbonyl (C=O) groups is 3. The van der Waals surface area contributed by atoms with Crippen LogP contribution in [0.5, 0.6) is 0 Å². The lowest BCUT2D eigenvalue weighted by molar-refractivity contribution is -0.139. The Balaban J connectivity index is 1.65. The van der Waals surface area contributed by atoms with E-state index in [9.17, 15) is 14.4 Å². The van der Waals surface area contributed by atoms with E-state index in [0.29, 0.717) is 24.9 Å². The second-order valence-corrected chi connectivity index (χ2v) is 12.1. The Kier molecular flexibility index (Phi) is 12.3. The van der Waals surface area contributed by atoms with Gasteiger partial charge >= 0.3 is 0 Å². The lowest BCUT2D eigenvalue weighted by Gasteiger charge is -2.32. The second kappa shape index (κ2) is 15.7. The molecule has 2 aromatic rings. The summed E-state index contributed by atoms with van der Waals surface area (Å²) in [5.41, 5.74) is 3.95. The Labute approximate surface area is 244 Å². The SMILES string of the molecule is C=C(C)CC(NC(=O)C1CCCN1C(=O)C(C)NC(=O)c1ccc(CC)cc1)C(CCC)SCc1ccccc1. The molecule has 0 spiro atoms. The number of likely N-dealkylation sites (tertiary alicyclic amines) is 1. The maximum Gasteiger partial charge on any atom is 0.251 e. The Morgan fingerprint density at radius 2 is 1.73 bits per heavy atom. The molecular formula is C33H45N3O3S. The number of rotatable bonds is 14. The van der Waals surface area contributed by atoms with Crippen molar-refractivity contribution in [3.63, 3.8) is 0 Å². The molecule has 216 valence electrons. The van der Waals surface area contributed by atoms with Crippen molar-refractivity contribution in [2.24, 2.45) is 0 Å². The van der Waals surface area contributed by atoms with E-state index in [2.05, 4.69) is 55.3 Å². The van der Waals surface area contributed by atoms with Crippen molar-refractivity contribution in [3.8, 4) is 0 Å². The molecule has 6 nitrogen and oxygen atoms in total. The molecule has 1 heterocycles. The van der Waals surface area contributed by atoms with E-state index >= 15 is 0 Å². The predicted molar refractivity (Wildman–Crippen MR) is 165 cm³/mol. The lowest BCUT2D eigenvalue weighted by Crippen LogP contribution is -2.54. The molecule has 40 heavy (non-hydrogen) atoms. The van der Waals surface area contributed by atoms with Gasteiger partial charge in [-0.25, -0.2) is 0 Å². The Morgan fingerprint density at radius 3 is 2.35 bits per heavy atom. The van der Waals surface area contributed by atoms with E-state index < -0.39 is 12.1 Å². The van der Waals surface area contributed by atoms with Gasteiger partial charge in [0.25, 0.3) is 5.91 Å². The van der Waals surface area contributed by atoms with Gasteiger partial charge in [-0.2, -0.15) is 11.8 Å². The number of amides is 3. The highest BCUT2D eigenvalue weighted by atomic mass is 32.2. The molecule has 0 aliphatic carbocycles. The molecule has 4 atom stereocenters. The first-order valence-electron chi connectivity index (χ1n) is 14.5. The highest BCUT2D eigenvalue weighted by Crippen LogP contribution is 2.28. The second-order valence-electron chi connectivity index (χ2n) is 10.8. The molecule has 2 N–H and O–H groups in total. The smallest absolute Gasteiger partial charge is 0.251 e. The van der Waals surface area contributed by atoms with Crippen LogP contribution < -0.4 is 10.6 Å². The van der Waals surface area contributed by atoms with Gasteiger partial charge in [-0.05, 0) is 69.2 Å². The van der Waals surface area contributed by atoms with E-state index in [4.69, 9.17) is 0 Å². The summed E-state index contributed by atoms with van der Waals surface area (Å²) in [4.78, 5) is 41.4. The fourth-order valence-corrected chi connectivity index (χ4v) is 6.58. The van der Waals surface area contributed by atoms with Crippen molar-refractivity contribution in [1.29, 1.82) is 0 Å². The molecule has 1 saturated heterocycles. The Bertz CT molecular complexity index is 1140. The number of benzene rings is 2. The van der Waals surface area contributed by atoms with Gasteiger partial charge in [0.05, 0.1) is 0 Å². The van der Waals surface area contributed by atoms with Crippen molar-refractivity contribution in [3.05, 3.63) is 83.4 Å². The van der Waals surface area contributed by atoms with Crippen LogP contribution >= 0.6 is 11.8 Å². The van der Waals surface area contributed by atoms with Crippen LogP contribution in [0.2, 0.25) is 0 Å². The van der Waals surface area contributed by atoms with Crippen molar-refractivity contribution < 1.29 is 14.4 Å². The minimum Gasteiger partial charge on any atom is -0.350 e. The molecule has 1 aliphatic rings. The van der Waals surface area contributed by atoms with Crippen molar-refractivity contribution in [2.45, 2.75) is 95.3 Å². The zero-order valence-electron chi connectivity index (χ0n) is 24.4. The molecule has 0 aromatic heterocycles. The fraction of sp³-hybridized carbons (Fsp3) is 0.485. The maximum atomic E-state index is 13.6. The Morgan fingerprint density at radius 1 is 1.02 bits per heavy atom. The van der Waals surface area contributed by atoms with Gasteiger partial charge in [-0.15, -0.1) is 6.58 Å². The van der Waals surface area contributed by atoms with Crippen LogP contribution in [0.4, 0.5) is 0 Å². The summed E-state index contributed by atoms with van der Waals surface area (Å²) in [6, 6.07) is 16.5. The van der Waals surface area contributed by atoms with Crippen LogP contribution in [0.1, 0.15) is 81.3 Å². The van der Waals surface area contributed by atoms with Crippen molar-refractivity contribution >= 4 is 29.5 Å². The van der Waals surface area contributed by atoms with Gasteiger partial charge in [0.1, 0.15) is 12.1 Å². The summed E-state index contributed by atoms with van der Waals surface area (Å²) in [6.07, 6.45) is 4.96. The zero-order chi connectivity index (χ0) is 29.1. The predicted octanol–water partition coefficient (Wildman–Crippen LogP) is 5.91. The quantitative estimate of drug-likeness (QED) is 0.280. The van der Waals surface area contributed by atoms with Gasteiger partial charge < -0.3 is 15.5 Å². The fourth-order valence-electron chi connectivity index (χ4n) is 5.18. The summed E-state index contributed by atoms with van der Waals surface area (Å²) in [5.74, 6) is 0.243. The average molecular weight is 564 g/mol. The van der Waals surface area contributed by atoms with Gasteiger partial charge in [0, 0.05) is 29.2 Å². The summed E-state index contributed by atoms with van der Waals surface area (Å²) < 4.78 is 0. The third-order valence-electron chi connectivity index (χ3n) is 7.41. The first kappa shape index (κ1) is 31.5. The molecule has 1 aliphatic heterocycles. The van der Waals surface area contributed by atoms with Crippen LogP contribution in [0.3, 0.4) is 0 Å². The molecule has 0 bridgehead atoms. The van der Waals surface area contributed by atoms with Crippen LogP contribution in [-0.2, 0) is 21.8 Å². The number of nitrogens with zero attached hydrogens (tertiary/aromatic N) is 1. The van der Waals surface area contributed by atoms with Crippen molar-refractivity contribution in [2.75, 3.05) is 6.54 Å². The van der Waals surface area contributed by atoms with E-state index in [1.807, 2.05) is 36.9 Å². The summed E-state index contributed by atoms with van der Waals surface area (Å²) in [7, 11) is 0. The molecule has 1 fully saturated rings. The largest absolute Gasteiger partial charge is 0.350 e. The van der Waals surface area contributed by atoms with E-state index in [0.717, 1.165) is 42.6 Å². The molecule has 3 rings (SSSR count). The Hall–Kier alpha value is -3.06. The summed E-state index contributed by atoms with van der Waals surface area (Å²) >= 11 is 1.87. The first-order valence-corrected chi connectivity index (χ1v) is 15.6. The molecule has 0 saturated carbocycles. The van der Waals surface area contributed by atoms with Crippen LogP contribution in [0, 0.1) is 0 Å². The van der Waals surface area contributed by atoms with Gasteiger partial charge in [0.2, 0.25) is 11.8 Å². The molecule has 0 radical (unpaired) electrons. The number of hydrogen-bond donors (Lipinski definition) is 2. The monoisotopic (exact) mass is 563 g/mol. The van der Waals surface area contributed by atoms with Crippen LogP contribution in [0.25, 0.3) is 0 Å². The molecule has 7 heteroatoms. The van der Waals surface area contributed by atoms with E-state index in [1.165, 1.54) is 5.56 Å². The standard InChI is InChI=1S/C33H45N3O3S/c1-6-12-30(40-22-26-13-9-8-10-14-26)28(21-23(3)4)35-32(38)29-15-11-20-36(29)33(39)24(5)34-31(37)27-18-16-25(7-2)17-19-27/h8-10,13-14,16-19,24,28-30H,3,6-7,11-12,15,20-22H2,1-2,4-5H3,(H,34,37)(H,35,38). The van der Waals surface area contributed by atoms with E-state index in [-0.39, 0.29) is 29.0 Å². The molecule has 4 unspecified atom stereocenters. The van der Waals surface area contributed by atoms with Crippen LogP contribution in [-0.4, -0.2) is 52.5 Å². The maximum absolute atomic E-state index is 13.6. The molecule has 3 amide bonds. The third kappa shape index (κ3) is 8.98. The summed E-state index contributed by atoms with van der Waals surface area (Å²) in [5, 5.41) is 6.37. The van der Waals surface area contributed by atoms with Gasteiger partial charge in [0.15, 0.2) is 0 Å². The van der Waals surface area contributed by atoms with Crippen molar-refractivity contribution in [1.82, 2.24) is 15.5 Å². The summed E-state index contributed by atoms with van der Waals surface area (Å²) in [6.45, 7) is 12.5. The normalized spacial score (nSPS) is 17.1. The number of nitrogens with one attached hydrogen (secondary N) is 2. The highest BCUT2D eigenvalue weighted by molar-refractivity contribution is 7.99. The highest BCUT2D eigenvalue weighted by Gasteiger charge is 2.37. The number of thioether (sulfide) groups is 1. The zero-order valence-corrected chi connectivity index (χ0v) is 25.3. The topological polar surface area (TPSA) is 78.5 Å². The van der Waals surface area contributed by atoms with Crippen LogP contribution in [0.15, 0.2) is 66.7 Å². The lowest BCUT2D eigenvalue weighted by atomic mass is 10.0. The minimum atomic E-state index is -0.729. The van der Waals surface area contributed by atoms with Gasteiger partial charge in [-0.3, -0.25) is 14.4 Å². The molecule has 2 aromatic carbocycles. The third-order valence-corrected chi connectivity index (χ3v) is 8.90.